The second kappa shape index (κ2) is 4.96. The third-order valence-corrected chi connectivity index (χ3v) is 3.98. The highest BCUT2D eigenvalue weighted by atomic mass is 16.3. The first-order valence-electron chi connectivity index (χ1n) is 6.83. The Hall–Kier alpha value is -1.96. The molecule has 2 aromatic rings. The first-order chi connectivity index (χ1) is 9.22. The summed E-state index contributed by atoms with van der Waals surface area (Å²) < 4.78 is 0. The molecule has 0 amide bonds. The largest absolute Gasteiger partial charge is 0.508 e. The third-order valence-electron chi connectivity index (χ3n) is 3.98. The molecule has 0 bridgehead atoms. The van der Waals surface area contributed by atoms with Crippen molar-refractivity contribution in [3.05, 3.63) is 59.7 Å². The van der Waals surface area contributed by atoms with E-state index in [4.69, 9.17) is 0 Å². The summed E-state index contributed by atoms with van der Waals surface area (Å²) >= 11 is 0. The van der Waals surface area contributed by atoms with Gasteiger partial charge in [-0.2, -0.15) is 0 Å². The number of hydrogen-bond acceptors (Lipinski definition) is 2. The van der Waals surface area contributed by atoms with Gasteiger partial charge >= 0.3 is 0 Å². The predicted molar refractivity (Wildman–Crippen MR) is 78.7 cm³/mol. The van der Waals surface area contributed by atoms with Crippen LogP contribution in [0.1, 0.15) is 29.9 Å². The first-order valence-corrected chi connectivity index (χ1v) is 6.83. The first kappa shape index (κ1) is 12.1. The summed E-state index contributed by atoms with van der Waals surface area (Å²) in [6.07, 6.45) is 2.37. The van der Waals surface area contributed by atoms with Crippen molar-refractivity contribution in [2.75, 3.05) is 5.32 Å². The number of nitrogens with one attached hydrogen (secondary N) is 1. The molecule has 1 saturated carbocycles. The molecule has 0 unspecified atom stereocenters. The molecule has 1 aliphatic carbocycles. The van der Waals surface area contributed by atoms with Crippen molar-refractivity contribution in [2.45, 2.75) is 31.7 Å². The Balaban J connectivity index is 1.58. The highest BCUT2D eigenvalue weighted by molar-refractivity contribution is 5.51. The quantitative estimate of drug-likeness (QED) is 0.808. The van der Waals surface area contributed by atoms with Crippen molar-refractivity contribution >= 4 is 5.69 Å². The molecule has 0 radical (unpaired) electrons. The molecule has 3 rings (SSSR count). The van der Waals surface area contributed by atoms with Gasteiger partial charge in [-0.1, -0.05) is 30.3 Å². The fraction of sp³-hybridized carbons (Fsp3) is 0.294. The van der Waals surface area contributed by atoms with E-state index in [2.05, 4.69) is 35.6 Å². The zero-order valence-corrected chi connectivity index (χ0v) is 11.1. The molecule has 1 fully saturated rings. The molecule has 0 spiro atoms. The minimum absolute atomic E-state index is 0.362. The highest BCUT2D eigenvalue weighted by Crippen LogP contribution is 2.38. The average molecular weight is 253 g/mol. The fourth-order valence-electron chi connectivity index (χ4n) is 2.71. The van der Waals surface area contributed by atoms with Crippen molar-refractivity contribution in [2.24, 2.45) is 0 Å². The summed E-state index contributed by atoms with van der Waals surface area (Å²) in [5.74, 6) is 1.05. The van der Waals surface area contributed by atoms with E-state index in [1.807, 2.05) is 19.1 Å². The molecule has 1 aliphatic rings. The fourth-order valence-corrected chi connectivity index (χ4v) is 2.71. The van der Waals surface area contributed by atoms with Gasteiger partial charge in [0.2, 0.25) is 0 Å². The number of hydrogen-bond donors (Lipinski definition) is 2. The maximum atomic E-state index is 9.51. The molecule has 0 aromatic heterocycles. The van der Waals surface area contributed by atoms with Crippen LogP contribution in [0, 0.1) is 6.92 Å². The van der Waals surface area contributed by atoms with Gasteiger partial charge < -0.3 is 10.4 Å². The summed E-state index contributed by atoms with van der Waals surface area (Å²) in [5.41, 5.74) is 3.47. The van der Waals surface area contributed by atoms with Crippen molar-refractivity contribution in [3.8, 4) is 5.75 Å². The maximum Gasteiger partial charge on any atom is 0.118 e. The number of rotatable bonds is 3. The Labute approximate surface area is 114 Å². The highest BCUT2D eigenvalue weighted by Gasteiger charge is 2.29. The van der Waals surface area contributed by atoms with E-state index in [1.54, 1.807) is 6.07 Å². The Morgan fingerprint density at radius 3 is 2.47 bits per heavy atom. The predicted octanol–water partition coefficient (Wildman–Crippen LogP) is 4.06. The molecule has 0 saturated heterocycles. The topological polar surface area (TPSA) is 32.3 Å². The van der Waals surface area contributed by atoms with E-state index >= 15 is 0 Å². The molecule has 2 aromatic carbocycles. The van der Waals surface area contributed by atoms with Gasteiger partial charge in [-0.25, -0.2) is 0 Å². The van der Waals surface area contributed by atoms with Gasteiger partial charge in [0.15, 0.2) is 0 Å². The maximum absolute atomic E-state index is 9.51. The summed E-state index contributed by atoms with van der Waals surface area (Å²) in [6.45, 7) is 1.92. The number of benzene rings is 2. The van der Waals surface area contributed by atoms with E-state index in [0.717, 1.165) is 11.3 Å². The van der Waals surface area contributed by atoms with Gasteiger partial charge in [0, 0.05) is 11.7 Å². The Morgan fingerprint density at radius 1 is 1.05 bits per heavy atom. The van der Waals surface area contributed by atoms with E-state index in [0.29, 0.717) is 17.7 Å². The smallest absolute Gasteiger partial charge is 0.118 e. The average Bonchev–Trinajstić information content (AvgIpc) is 2.38. The van der Waals surface area contributed by atoms with Crippen molar-refractivity contribution < 1.29 is 5.11 Å². The van der Waals surface area contributed by atoms with Gasteiger partial charge in [0.1, 0.15) is 5.75 Å². The third kappa shape index (κ3) is 2.58. The summed E-state index contributed by atoms with van der Waals surface area (Å²) in [5, 5.41) is 13.0. The number of aryl methyl sites for hydroxylation is 1. The number of phenols is 1. The van der Waals surface area contributed by atoms with Crippen LogP contribution < -0.4 is 5.32 Å². The molecule has 98 valence electrons. The van der Waals surface area contributed by atoms with Crippen LogP contribution in [0.15, 0.2) is 48.5 Å². The molecular formula is C17H19NO. The SMILES string of the molecule is Cc1cc(NC2CC(c3ccccc3)C2)ccc1O. The van der Waals surface area contributed by atoms with E-state index < -0.39 is 0 Å². The Bertz CT molecular complexity index is 559. The molecule has 2 heteroatoms. The second-order valence-electron chi connectivity index (χ2n) is 5.42. The molecule has 19 heavy (non-hydrogen) atoms. The van der Waals surface area contributed by atoms with Crippen LogP contribution in [0.5, 0.6) is 5.75 Å². The van der Waals surface area contributed by atoms with E-state index in [1.165, 1.54) is 18.4 Å². The van der Waals surface area contributed by atoms with Crippen LogP contribution in [-0.2, 0) is 0 Å². The molecule has 0 heterocycles. The lowest BCUT2D eigenvalue weighted by atomic mass is 9.76. The van der Waals surface area contributed by atoms with Crippen molar-refractivity contribution in [1.29, 1.82) is 0 Å². The minimum Gasteiger partial charge on any atom is -0.508 e. The second-order valence-corrected chi connectivity index (χ2v) is 5.42. The number of aromatic hydroxyl groups is 1. The number of anilines is 1. The zero-order valence-electron chi connectivity index (χ0n) is 11.1. The Morgan fingerprint density at radius 2 is 1.79 bits per heavy atom. The van der Waals surface area contributed by atoms with Gasteiger partial charge in [0.25, 0.3) is 0 Å². The summed E-state index contributed by atoms with van der Waals surface area (Å²) in [6, 6.07) is 17.0. The van der Waals surface area contributed by atoms with Crippen LogP contribution in [0.3, 0.4) is 0 Å². The van der Waals surface area contributed by atoms with E-state index in [-0.39, 0.29) is 0 Å². The lowest BCUT2D eigenvalue weighted by Gasteiger charge is -2.37. The van der Waals surface area contributed by atoms with Gasteiger partial charge in [-0.15, -0.1) is 0 Å². The monoisotopic (exact) mass is 253 g/mol. The lowest BCUT2D eigenvalue weighted by Crippen LogP contribution is -2.33. The molecule has 2 N–H and O–H groups in total. The minimum atomic E-state index is 0.362. The van der Waals surface area contributed by atoms with Crippen molar-refractivity contribution in [1.82, 2.24) is 0 Å². The summed E-state index contributed by atoms with van der Waals surface area (Å²) in [7, 11) is 0. The van der Waals surface area contributed by atoms with Crippen LogP contribution in [0.2, 0.25) is 0 Å². The summed E-state index contributed by atoms with van der Waals surface area (Å²) in [4.78, 5) is 0. The Kier molecular flexibility index (Phi) is 3.16. The molecule has 0 atom stereocenters. The normalized spacial score (nSPS) is 21.7. The van der Waals surface area contributed by atoms with Crippen LogP contribution >= 0.6 is 0 Å². The molecule has 0 aliphatic heterocycles. The van der Waals surface area contributed by atoms with Crippen LogP contribution in [0.4, 0.5) is 5.69 Å². The lowest BCUT2D eigenvalue weighted by molar-refractivity contribution is 0.374. The number of phenolic OH excluding ortho intramolecular Hbond substituents is 1. The van der Waals surface area contributed by atoms with Crippen LogP contribution in [-0.4, -0.2) is 11.1 Å². The van der Waals surface area contributed by atoms with Crippen molar-refractivity contribution in [3.63, 3.8) is 0 Å². The van der Waals surface area contributed by atoms with Gasteiger partial charge in [-0.05, 0) is 55.0 Å². The van der Waals surface area contributed by atoms with Gasteiger partial charge in [-0.3, -0.25) is 0 Å². The molecular weight excluding hydrogens is 234 g/mol. The van der Waals surface area contributed by atoms with Gasteiger partial charge in [0.05, 0.1) is 0 Å². The standard InChI is InChI=1S/C17H19NO/c1-12-9-15(7-8-17(12)19)18-16-10-14(11-16)13-5-3-2-4-6-13/h2-9,14,16,18-19H,10-11H2,1H3. The van der Waals surface area contributed by atoms with Crippen LogP contribution in [0.25, 0.3) is 0 Å². The zero-order chi connectivity index (χ0) is 13.2. The molecule has 2 nitrogen and oxygen atoms in total. The van der Waals surface area contributed by atoms with E-state index in [9.17, 15) is 5.11 Å².